The molecule has 1 aromatic heterocycles. The molecule has 0 fully saturated rings. The zero-order chi connectivity index (χ0) is 38.3. The molecule has 9 aromatic carbocycles. The highest BCUT2D eigenvalue weighted by molar-refractivity contribution is 6.26. The average Bonchev–Trinajstić information content (AvgIpc) is 3.76. The van der Waals surface area contributed by atoms with Crippen LogP contribution < -0.4 is 19.3 Å². The van der Waals surface area contributed by atoms with Gasteiger partial charge in [0.1, 0.15) is 11.2 Å². The molecule has 274 valence electrons. The van der Waals surface area contributed by atoms with Crippen LogP contribution >= 0.6 is 0 Å². The number of furan rings is 1. The van der Waals surface area contributed by atoms with Gasteiger partial charge in [0.05, 0.1) is 34.1 Å². The van der Waals surface area contributed by atoms with E-state index < -0.39 is 0 Å². The molecule has 58 heavy (non-hydrogen) atoms. The lowest BCUT2D eigenvalue weighted by Gasteiger charge is -2.34. The molecule has 0 radical (unpaired) electrons. The summed E-state index contributed by atoms with van der Waals surface area (Å²) in [6, 6.07) is 60.0. The van der Waals surface area contributed by atoms with Gasteiger partial charge in [-0.2, -0.15) is 0 Å². The zero-order valence-electron chi connectivity index (χ0n) is 31.8. The van der Waals surface area contributed by atoms with Crippen molar-refractivity contribution in [3.63, 3.8) is 0 Å². The van der Waals surface area contributed by atoms with Crippen molar-refractivity contribution in [1.29, 1.82) is 0 Å². The quantitative estimate of drug-likeness (QED) is 0.176. The summed E-state index contributed by atoms with van der Waals surface area (Å²) in [6.45, 7) is 4.71. The first-order valence-corrected chi connectivity index (χ1v) is 19.8. The Morgan fingerprint density at radius 3 is 1.38 bits per heavy atom. The number of anilines is 6. The second kappa shape index (κ2) is 11.3. The number of para-hydroxylation sites is 8. The van der Waals surface area contributed by atoms with Gasteiger partial charge in [-0.3, -0.25) is 0 Å². The molecule has 13 rings (SSSR count). The van der Waals surface area contributed by atoms with E-state index in [0.29, 0.717) is 0 Å². The van der Waals surface area contributed by atoms with Crippen molar-refractivity contribution in [3.05, 3.63) is 181 Å². The van der Waals surface area contributed by atoms with Crippen molar-refractivity contribution < 1.29 is 13.9 Å². The van der Waals surface area contributed by atoms with Gasteiger partial charge in [0.25, 0.3) is 0 Å². The van der Waals surface area contributed by atoms with Gasteiger partial charge < -0.3 is 23.7 Å². The Balaban J connectivity index is 1.09. The SMILES string of the molecule is CC1(C)c2cc(N3c4ccccc4Oc4ccccc43)c3ccccc3c2-c2c1ccc1c2oc2cc(N3c4ccccc4Oc4ccccc43)c3ccccc3c21. The number of hydrogen-bond donors (Lipinski definition) is 0. The third-order valence-corrected chi connectivity index (χ3v) is 12.6. The largest absolute Gasteiger partial charge is 0.455 e. The summed E-state index contributed by atoms with van der Waals surface area (Å²) in [4.78, 5) is 4.70. The summed E-state index contributed by atoms with van der Waals surface area (Å²) in [7, 11) is 0. The van der Waals surface area contributed by atoms with Crippen molar-refractivity contribution in [1.82, 2.24) is 0 Å². The molecule has 3 aliphatic rings. The van der Waals surface area contributed by atoms with Crippen LogP contribution in [0, 0.1) is 0 Å². The van der Waals surface area contributed by atoms with E-state index in [1.54, 1.807) is 0 Å². The summed E-state index contributed by atoms with van der Waals surface area (Å²) >= 11 is 0. The normalized spacial score (nSPS) is 14.4. The van der Waals surface area contributed by atoms with Crippen molar-refractivity contribution in [2.24, 2.45) is 0 Å². The molecule has 0 spiro atoms. The molecule has 0 N–H and O–H groups in total. The minimum absolute atomic E-state index is 0.309. The second-order valence-electron chi connectivity index (χ2n) is 16.0. The Hall–Kier alpha value is -7.50. The summed E-state index contributed by atoms with van der Waals surface area (Å²) in [5.41, 5.74) is 12.6. The third kappa shape index (κ3) is 4.09. The lowest BCUT2D eigenvalue weighted by atomic mass is 9.81. The molecule has 0 saturated heterocycles. The van der Waals surface area contributed by atoms with Crippen molar-refractivity contribution >= 4 is 77.6 Å². The van der Waals surface area contributed by atoms with Crippen molar-refractivity contribution in [2.75, 3.05) is 9.80 Å². The van der Waals surface area contributed by atoms with Gasteiger partial charge in [-0.1, -0.05) is 123 Å². The van der Waals surface area contributed by atoms with Gasteiger partial charge in [0, 0.05) is 38.6 Å². The maximum atomic E-state index is 7.26. The molecular formula is C53H34N2O3. The fraction of sp³-hybridized carbons (Fsp3) is 0.0566. The lowest BCUT2D eigenvalue weighted by Crippen LogP contribution is -2.18. The van der Waals surface area contributed by atoms with Gasteiger partial charge in [-0.25, -0.2) is 0 Å². The molecule has 5 heteroatoms. The van der Waals surface area contributed by atoms with Crippen LogP contribution in [0.3, 0.4) is 0 Å². The zero-order valence-corrected chi connectivity index (χ0v) is 31.8. The van der Waals surface area contributed by atoms with E-state index in [1.807, 2.05) is 36.4 Å². The standard InChI is InChI=1S/C53H34N2O3/c1-53(2)36-28-27-35-49-33-17-5-3-15-31(33)43(55-40-21-9-13-25-46(40)57-47-26-14-10-22-41(47)55)30-48(49)58-52(35)51(36)50-34-18-6-4-16-32(34)42(29-37(50)53)54-38-19-7-11-23-44(38)56-45-24-12-8-20-39(45)54/h3-30H,1-2H3. The van der Waals surface area contributed by atoms with E-state index in [2.05, 4.69) is 157 Å². The number of benzene rings is 9. The van der Waals surface area contributed by atoms with Crippen molar-refractivity contribution in [3.8, 4) is 34.1 Å². The first kappa shape index (κ1) is 31.7. The van der Waals surface area contributed by atoms with Crippen LogP contribution in [0.1, 0.15) is 25.0 Å². The lowest BCUT2D eigenvalue weighted by molar-refractivity contribution is 0.477. The smallest absolute Gasteiger partial charge is 0.151 e. The van der Waals surface area contributed by atoms with E-state index in [4.69, 9.17) is 13.9 Å². The Labute approximate surface area is 334 Å². The summed E-state index contributed by atoms with van der Waals surface area (Å²) in [5.74, 6) is 3.32. The topological polar surface area (TPSA) is 38.1 Å². The molecule has 0 unspecified atom stereocenters. The highest BCUT2D eigenvalue weighted by Crippen LogP contribution is 2.60. The van der Waals surface area contributed by atoms with Gasteiger partial charge in [-0.15, -0.1) is 0 Å². The summed E-state index contributed by atoms with van der Waals surface area (Å²) < 4.78 is 20.1. The molecule has 10 aromatic rings. The van der Waals surface area contributed by atoms with Gasteiger partial charge in [0.2, 0.25) is 0 Å². The molecule has 1 aliphatic carbocycles. The van der Waals surface area contributed by atoms with Crippen molar-refractivity contribution in [2.45, 2.75) is 19.3 Å². The molecule has 0 amide bonds. The predicted molar refractivity (Wildman–Crippen MR) is 236 cm³/mol. The maximum absolute atomic E-state index is 7.26. The van der Waals surface area contributed by atoms with Gasteiger partial charge in [0.15, 0.2) is 23.0 Å². The Kier molecular flexibility index (Phi) is 6.17. The molecule has 0 bridgehead atoms. The Morgan fingerprint density at radius 2 is 0.828 bits per heavy atom. The first-order chi connectivity index (χ1) is 28.5. The first-order valence-electron chi connectivity index (χ1n) is 19.8. The van der Waals surface area contributed by atoms with Gasteiger partial charge in [-0.05, 0) is 82.1 Å². The summed E-state index contributed by atoms with van der Waals surface area (Å²) in [5, 5.41) is 6.90. The van der Waals surface area contributed by atoms with Gasteiger partial charge >= 0.3 is 0 Å². The number of rotatable bonds is 2. The van der Waals surface area contributed by atoms with Crippen LogP contribution in [0.25, 0.3) is 54.6 Å². The highest BCUT2D eigenvalue weighted by atomic mass is 16.5. The predicted octanol–water partition coefficient (Wildman–Crippen LogP) is 15.3. The van der Waals surface area contributed by atoms with E-state index in [9.17, 15) is 0 Å². The van der Waals surface area contributed by atoms with Crippen LogP contribution in [0.2, 0.25) is 0 Å². The fourth-order valence-corrected chi connectivity index (χ4v) is 10.0. The Bertz CT molecular complexity index is 3320. The number of hydrogen-bond acceptors (Lipinski definition) is 5. The molecule has 5 nitrogen and oxygen atoms in total. The van der Waals surface area contributed by atoms with Crippen LogP contribution in [0.5, 0.6) is 23.0 Å². The number of nitrogens with zero attached hydrogens (tertiary/aromatic N) is 2. The Morgan fingerprint density at radius 1 is 0.379 bits per heavy atom. The molecule has 0 saturated carbocycles. The van der Waals surface area contributed by atoms with E-state index in [0.717, 1.165) is 89.8 Å². The number of fused-ring (bicyclic) bond motifs is 15. The molecular weight excluding hydrogens is 713 g/mol. The van der Waals surface area contributed by atoms with Crippen LogP contribution in [0.4, 0.5) is 34.1 Å². The average molecular weight is 747 g/mol. The number of ether oxygens (including phenoxy) is 2. The summed E-state index contributed by atoms with van der Waals surface area (Å²) in [6.07, 6.45) is 0. The minimum atomic E-state index is -0.309. The second-order valence-corrected chi connectivity index (χ2v) is 16.0. The van der Waals surface area contributed by atoms with E-state index >= 15 is 0 Å². The fourth-order valence-electron chi connectivity index (χ4n) is 10.0. The molecule has 2 aliphatic heterocycles. The highest BCUT2D eigenvalue weighted by Gasteiger charge is 2.41. The van der Waals surface area contributed by atoms with Crippen LogP contribution in [-0.4, -0.2) is 0 Å². The minimum Gasteiger partial charge on any atom is -0.455 e. The van der Waals surface area contributed by atoms with E-state index in [-0.39, 0.29) is 5.41 Å². The van der Waals surface area contributed by atoms with Crippen LogP contribution in [-0.2, 0) is 5.41 Å². The van der Waals surface area contributed by atoms with Crippen LogP contribution in [0.15, 0.2) is 174 Å². The third-order valence-electron chi connectivity index (χ3n) is 12.6. The maximum Gasteiger partial charge on any atom is 0.151 e. The monoisotopic (exact) mass is 746 g/mol. The molecule has 0 atom stereocenters. The van der Waals surface area contributed by atoms with E-state index in [1.165, 1.54) is 33.0 Å². The molecule has 3 heterocycles.